The molecule has 0 unspecified atom stereocenters. The summed E-state index contributed by atoms with van der Waals surface area (Å²) in [6.07, 6.45) is 3.37. The predicted molar refractivity (Wildman–Crippen MR) is 94.8 cm³/mol. The maximum atomic E-state index is 12.6. The lowest BCUT2D eigenvalue weighted by molar-refractivity contribution is 0.0990. The first-order valence-electron chi connectivity index (χ1n) is 8.15. The summed E-state index contributed by atoms with van der Waals surface area (Å²) in [5.41, 5.74) is 4.15. The lowest BCUT2D eigenvalue weighted by atomic mass is 10.1. The Balaban J connectivity index is 1.73. The second kappa shape index (κ2) is 5.74. The zero-order chi connectivity index (χ0) is 17.6. The number of aromatic nitrogens is 1. The number of hydrogen-bond acceptors (Lipinski definition) is 3. The highest BCUT2D eigenvalue weighted by atomic mass is 16.3. The van der Waals surface area contributed by atoms with Crippen molar-refractivity contribution in [3.8, 4) is 0 Å². The Labute approximate surface area is 145 Å². The molecule has 4 nitrogen and oxygen atoms in total. The first-order valence-corrected chi connectivity index (χ1v) is 8.15. The number of hydrogen-bond donors (Lipinski definition) is 0. The highest BCUT2D eigenvalue weighted by Crippen LogP contribution is 2.29. The summed E-state index contributed by atoms with van der Waals surface area (Å²) in [5.74, 6) is 0.467. The molecule has 4 heteroatoms. The number of allylic oxidation sites excluding steroid dienone is 1. The molecule has 0 bridgehead atoms. The Morgan fingerprint density at radius 3 is 2.28 bits per heavy atom. The van der Waals surface area contributed by atoms with Crippen molar-refractivity contribution in [2.45, 2.75) is 20.4 Å². The molecule has 2 heterocycles. The Bertz CT molecular complexity index is 983. The minimum absolute atomic E-state index is 0.198. The number of carbonyl (C=O) groups excluding carboxylic acids is 2. The van der Waals surface area contributed by atoms with Crippen LogP contribution in [0, 0.1) is 13.8 Å². The number of fused-ring (bicyclic) bond motifs is 1. The normalized spacial score (nSPS) is 13.4. The summed E-state index contributed by atoms with van der Waals surface area (Å²) in [5, 5.41) is 0. The molecule has 2 aromatic heterocycles. The largest absolute Gasteiger partial charge is 0.467 e. The summed E-state index contributed by atoms with van der Waals surface area (Å²) in [6, 6.07) is 12.8. The molecule has 4 rings (SSSR count). The molecule has 0 spiro atoms. The summed E-state index contributed by atoms with van der Waals surface area (Å²) in [6.45, 7) is 4.61. The maximum Gasteiger partial charge on any atom is 0.197 e. The van der Waals surface area contributed by atoms with Crippen LogP contribution in [-0.4, -0.2) is 16.1 Å². The minimum atomic E-state index is -0.198. The highest BCUT2D eigenvalue weighted by Gasteiger charge is 2.32. The zero-order valence-electron chi connectivity index (χ0n) is 14.1. The molecule has 0 amide bonds. The van der Waals surface area contributed by atoms with Gasteiger partial charge < -0.3 is 8.98 Å². The topological polar surface area (TPSA) is 52.2 Å². The van der Waals surface area contributed by atoms with Crippen LogP contribution in [-0.2, 0) is 6.54 Å². The minimum Gasteiger partial charge on any atom is -0.467 e. The molecule has 1 aromatic carbocycles. The summed E-state index contributed by atoms with van der Waals surface area (Å²) < 4.78 is 7.54. The third kappa shape index (κ3) is 2.47. The van der Waals surface area contributed by atoms with Gasteiger partial charge in [-0.25, -0.2) is 0 Å². The van der Waals surface area contributed by atoms with E-state index in [0.29, 0.717) is 17.7 Å². The van der Waals surface area contributed by atoms with Crippen LogP contribution in [0.4, 0.5) is 0 Å². The standard InChI is InChI=1S/C21H17NO3/c1-13-10-15(14(2)22(13)12-16-6-5-9-25-16)11-19-20(23)17-7-3-4-8-18(17)21(19)24/h3-11H,12H2,1-2H3. The van der Waals surface area contributed by atoms with Gasteiger partial charge in [0.05, 0.1) is 18.4 Å². The van der Waals surface area contributed by atoms with Gasteiger partial charge in [0.1, 0.15) is 5.76 Å². The van der Waals surface area contributed by atoms with E-state index < -0.39 is 0 Å². The van der Waals surface area contributed by atoms with Crippen molar-refractivity contribution in [3.63, 3.8) is 0 Å². The number of aryl methyl sites for hydroxylation is 1. The third-order valence-electron chi connectivity index (χ3n) is 4.71. The molecule has 0 aliphatic heterocycles. The van der Waals surface area contributed by atoms with E-state index in [1.165, 1.54) is 0 Å². The van der Waals surface area contributed by atoms with Gasteiger partial charge in [0.15, 0.2) is 11.6 Å². The number of rotatable bonds is 3. The van der Waals surface area contributed by atoms with E-state index in [0.717, 1.165) is 22.7 Å². The fraction of sp³-hybridized carbons (Fsp3) is 0.143. The molecule has 1 aliphatic rings. The van der Waals surface area contributed by atoms with Crippen molar-refractivity contribution >= 4 is 17.6 Å². The van der Waals surface area contributed by atoms with Crippen LogP contribution < -0.4 is 0 Å². The van der Waals surface area contributed by atoms with Gasteiger partial charge in [0.2, 0.25) is 0 Å². The number of furan rings is 1. The second-order valence-corrected chi connectivity index (χ2v) is 6.25. The van der Waals surface area contributed by atoms with Crippen LogP contribution in [0.25, 0.3) is 6.08 Å². The zero-order valence-corrected chi connectivity index (χ0v) is 14.1. The van der Waals surface area contributed by atoms with Gasteiger partial charge in [-0.05, 0) is 43.7 Å². The Hall–Kier alpha value is -3.14. The van der Waals surface area contributed by atoms with Gasteiger partial charge in [-0.3, -0.25) is 9.59 Å². The SMILES string of the molecule is Cc1cc(C=C2C(=O)c3ccccc3C2=O)c(C)n1Cc1ccco1. The first kappa shape index (κ1) is 15.4. The van der Waals surface area contributed by atoms with Gasteiger partial charge in [-0.1, -0.05) is 24.3 Å². The molecule has 0 N–H and O–H groups in total. The molecule has 0 saturated heterocycles. The van der Waals surface area contributed by atoms with Gasteiger partial charge in [0, 0.05) is 22.5 Å². The molecule has 0 radical (unpaired) electrons. The molecule has 3 aromatic rings. The van der Waals surface area contributed by atoms with E-state index in [4.69, 9.17) is 4.42 Å². The summed E-state index contributed by atoms with van der Waals surface area (Å²) in [7, 11) is 0. The number of carbonyl (C=O) groups is 2. The average molecular weight is 331 g/mol. The third-order valence-corrected chi connectivity index (χ3v) is 4.71. The van der Waals surface area contributed by atoms with Crippen LogP contribution >= 0.6 is 0 Å². The fourth-order valence-corrected chi connectivity index (χ4v) is 3.33. The Morgan fingerprint density at radius 1 is 1.00 bits per heavy atom. The Morgan fingerprint density at radius 2 is 1.68 bits per heavy atom. The van der Waals surface area contributed by atoms with Crippen molar-refractivity contribution in [2.75, 3.05) is 0 Å². The molecule has 25 heavy (non-hydrogen) atoms. The number of Topliss-reactive ketones (excluding diaryl/α,β-unsaturated/α-hetero) is 2. The van der Waals surface area contributed by atoms with Gasteiger partial charge in [0.25, 0.3) is 0 Å². The monoisotopic (exact) mass is 331 g/mol. The van der Waals surface area contributed by atoms with Crippen molar-refractivity contribution < 1.29 is 14.0 Å². The number of ketones is 2. The fourth-order valence-electron chi connectivity index (χ4n) is 3.33. The average Bonchev–Trinajstić information content (AvgIpc) is 3.28. The van der Waals surface area contributed by atoms with E-state index in [9.17, 15) is 9.59 Å². The van der Waals surface area contributed by atoms with E-state index in [2.05, 4.69) is 4.57 Å². The van der Waals surface area contributed by atoms with Crippen molar-refractivity contribution in [2.24, 2.45) is 0 Å². The van der Waals surface area contributed by atoms with Gasteiger partial charge in [-0.15, -0.1) is 0 Å². The molecule has 1 aliphatic carbocycles. The van der Waals surface area contributed by atoms with Crippen LogP contribution in [0.15, 0.2) is 58.7 Å². The van der Waals surface area contributed by atoms with Crippen LogP contribution in [0.1, 0.15) is 43.4 Å². The first-order chi connectivity index (χ1) is 12.1. The Kier molecular flexibility index (Phi) is 3.53. The molecule has 0 atom stereocenters. The van der Waals surface area contributed by atoms with Gasteiger partial charge in [-0.2, -0.15) is 0 Å². The van der Waals surface area contributed by atoms with Crippen molar-refractivity contribution in [1.29, 1.82) is 0 Å². The molecular formula is C21H17NO3. The summed E-state index contributed by atoms with van der Waals surface area (Å²) >= 11 is 0. The molecule has 124 valence electrons. The van der Waals surface area contributed by atoms with E-state index in [1.807, 2.05) is 32.0 Å². The highest BCUT2D eigenvalue weighted by molar-refractivity contribution is 6.41. The van der Waals surface area contributed by atoms with Crippen molar-refractivity contribution in [3.05, 3.63) is 88.1 Å². The smallest absolute Gasteiger partial charge is 0.197 e. The van der Waals surface area contributed by atoms with E-state index >= 15 is 0 Å². The lowest BCUT2D eigenvalue weighted by Crippen LogP contribution is -2.03. The quantitative estimate of drug-likeness (QED) is 0.534. The van der Waals surface area contributed by atoms with Crippen LogP contribution in [0.5, 0.6) is 0 Å². The second-order valence-electron chi connectivity index (χ2n) is 6.25. The number of nitrogens with zero attached hydrogens (tertiary/aromatic N) is 1. The van der Waals surface area contributed by atoms with Gasteiger partial charge >= 0.3 is 0 Å². The van der Waals surface area contributed by atoms with E-state index in [-0.39, 0.29) is 17.1 Å². The predicted octanol–water partition coefficient (Wildman–Crippen LogP) is 4.21. The molecular weight excluding hydrogens is 314 g/mol. The lowest BCUT2D eigenvalue weighted by Gasteiger charge is -2.07. The van der Waals surface area contributed by atoms with Crippen LogP contribution in [0.2, 0.25) is 0 Å². The van der Waals surface area contributed by atoms with Crippen molar-refractivity contribution in [1.82, 2.24) is 4.57 Å². The van der Waals surface area contributed by atoms with E-state index in [1.54, 1.807) is 36.6 Å². The van der Waals surface area contributed by atoms with Crippen LogP contribution in [0.3, 0.4) is 0 Å². The number of benzene rings is 1. The molecule has 0 saturated carbocycles. The maximum absolute atomic E-state index is 12.6. The molecule has 0 fully saturated rings. The summed E-state index contributed by atoms with van der Waals surface area (Å²) in [4.78, 5) is 25.1.